The fraction of sp³-hybridized carbons (Fsp3) is 0.158. The standard InChI is InChI=1S/C19H16ClN3O4S/c1-3-27-14-7-4-12(5-8-14)17-11(2)28-19(21-17)22-18(24)15-9-6-13(20)10-16(15)23(25)26/h4-10H,3H2,1-2H3,(H,21,22,24). The first kappa shape index (κ1) is 19.8. The number of carbonyl (C=O) groups is 1. The predicted molar refractivity (Wildman–Crippen MR) is 110 cm³/mol. The molecule has 0 bridgehead atoms. The van der Waals surface area contributed by atoms with Crippen LogP contribution >= 0.6 is 22.9 Å². The minimum atomic E-state index is -0.640. The molecule has 1 N–H and O–H groups in total. The number of hydrogen-bond acceptors (Lipinski definition) is 6. The molecule has 0 aliphatic heterocycles. The van der Waals surface area contributed by atoms with Crippen molar-refractivity contribution in [1.82, 2.24) is 4.98 Å². The largest absolute Gasteiger partial charge is 0.494 e. The normalized spacial score (nSPS) is 10.5. The van der Waals surface area contributed by atoms with Gasteiger partial charge in [0.2, 0.25) is 0 Å². The van der Waals surface area contributed by atoms with Crippen LogP contribution in [0, 0.1) is 17.0 Å². The lowest BCUT2D eigenvalue weighted by atomic mass is 10.1. The van der Waals surface area contributed by atoms with Gasteiger partial charge in [-0.15, -0.1) is 11.3 Å². The lowest BCUT2D eigenvalue weighted by molar-refractivity contribution is -0.385. The second-order valence-corrected chi connectivity index (χ2v) is 7.39. The summed E-state index contributed by atoms with van der Waals surface area (Å²) in [5, 5.41) is 14.4. The molecule has 7 nitrogen and oxygen atoms in total. The van der Waals surface area contributed by atoms with E-state index in [-0.39, 0.29) is 16.3 Å². The molecule has 0 atom stereocenters. The average Bonchev–Trinajstić information content (AvgIpc) is 3.02. The Morgan fingerprint density at radius 1 is 1.29 bits per heavy atom. The molecule has 0 radical (unpaired) electrons. The van der Waals surface area contributed by atoms with Crippen LogP contribution < -0.4 is 10.1 Å². The number of aryl methyl sites for hydroxylation is 1. The van der Waals surface area contributed by atoms with Crippen LogP contribution in [-0.4, -0.2) is 22.4 Å². The number of nitro groups is 1. The van der Waals surface area contributed by atoms with Gasteiger partial charge in [-0.2, -0.15) is 0 Å². The van der Waals surface area contributed by atoms with E-state index in [0.717, 1.165) is 28.0 Å². The number of rotatable bonds is 6. The van der Waals surface area contributed by atoms with Gasteiger partial charge >= 0.3 is 0 Å². The molecule has 1 heterocycles. The number of amides is 1. The first-order chi connectivity index (χ1) is 13.4. The maximum Gasteiger partial charge on any atom is 0.283 e. The van der Waals surface area contributed by atoms with E-state index in [1.807, 2.05) is 38.1 Å². The van der Waals surface area contributed by atoms with E-state index in [1.165, 1.54) is 23.5 Å². The van der Waals surface area contributed by atoms with Gasteiger partial charge in [-0.3, -0.25) is 20.2 Å². The summed E-state index contributed by atoms with van der Waals surface area (Å²) >= 11 is 7.09. The second kappa shape index (κ2) is 8.37. The lowest BCUT2D eigenvalue weighted by Crippen LogP contribution is -2.13. The predicted octanol–water partition coefficient (Wildman–Crippen LogP) is 5.33. The summed E-state index contributed by atoms with van der Waals surface area (Å²) in [6.45, 7) is 4.39. The van der Waals surface area contributed by atoms with E-state index in [9.17, 15) is 14.9 Å². The highest BCUT2D eigenvalue weighted by atomic mass is 35.5. The molecule has 1 aromatic heterocycles. The van der Waals surface area contributed by atoms with Crippen molar-refractivity contribution >= 4 is 39.7 Å². The Balaban J connectivity index is 1.84. The third kappa shape index (κ3) is 4.29. The van der Waals surface area contributed by atoms with E-state index in [4.69, 9.17) is 16.3 Å². The summed E-state index contributed by atoms with van der Waals surface area (Å²) in [5.41, 5.74) is 1.18. The smallest absolute Gasteiger partial charge is 0.283 e. The van der Waals surface area contributed by atoms with E-state index in [1.54, 1.807) is 0 Å². The summed E-state index contributed by atoms with van der Waals surface area (Å²) < 4.78 is 5.43. The molecule has 28 heavy (non-hydrogen) atoms. The number of aromatic nitrogens is 1. The SMILES string of the molecule is CCOc1ccc(-c2nc(NC(=O)c3ccc(Cl)cc3[N+](=O)[O-])sc2C)cc1. The van der Waals surface area contributed by atoms with E-state index in [0.29, 0.717) is 11.7 Å². The van der Waals surface area contributed by atoms with Crippen molar-refractivity contribution in [3.63, 3.8) is 0 Å². The first-order valence-corrected chi connectivity index (χ1v) is 9.54. The Kier molecular flexibility index (Phi) is 5.91. The third-order valence-electron chi connectivity index (χ3n) is 3.86. The molecule has 9 heteroatoms. The van der Waals surface area contributed by atoms with E-state index < -0.39 is 10.8 Å². The fourth-order valence-electron chi connectivity index (χ4n) is 2.61. The number of benzene rings is 2. The molecular formula is C19H16ClN3O4S. The van der Waals surface area contributed by atoms with Crippen molar-refractivity contribution in [1.29, 1.82) is 0 Å². The molecule has 1 amide bonds. The topological polar surface area (TPSA) is 94.4 Å². The van der Waals surface area contributed by atoms with Crippen LogP contribution in [0.5, 0.6) is 5.75 Å². The number of anilines is 1. The first-order valence-electron chi connectivity index (χ1n) is 8.35. The van der Waals surface area contributed by atoms with Gasteiger partial charge < -0.3 is 4.74 Å². The third-order valence-corrected chi connectivity index (χ3v) is 4.98. The number of halogens is 1. The van der Waals surface area contributed by atoms with Gasteiger partial charge in [0, 0.05) is 21.5 Å². The maximum atomic E-state index is 12.5. The molecule has 0 aliphatic rings. The molecule has 0 spiro atoms. The molecule has 144 valence electrons. The fourth-order valence-corrected chi connectivity index (χ4v) is 3.60. The Bertz CT molecular complexity index is 1030. The molecule has 0 saturated heterocycles. The van der Waals surface area contributed by atoms with Crippen LogP contribution in [0.15, 0.2) is 42.5 Å². The van der Waals surface area contributed by atoms with Gasteiger partial charge in [-0.25, -0.2) is 4.98 Å². The number of thiazole rings is 1. The number of carbonyl (C=O) groups excluding carboxylic acids is 1. The summed E-state index contributed by atoms with van der Waals surface area (Å²) in [6.07, 6.45) is 0. The van der Waals surface area contributed by atoms with Crippen molar-refractivity contribution < 1.29 is 14.5 Å². The second-order valence-electron chi connectivity index (χ2n) is 5.75. The molecule has 3 aromatic rings. The number of nitrogens with one attached hydrogen (secondary N) is 1. The average molecular weight is 418 g/mol. The monoisotopic (exact) mass is 417 g/mol. The van der Waals surface area contributed by atoms with Crippen LogP contribution in [0.4, 0.5) is 10.8 Å². The van der Waals surface area contributed by atoms with Crippen molar-refractivity contribution in [2.75, 3.05) is 11.9 Å². The quantitative estimate of drug-likeness (QED) is 0.432. The van der Waals surface area contributed by atoms with Gasteiger partial charge in [0.25, 0.3) is 11.6 Å². The van der Waals surface area contributed by atoms with E-state index >= 15 is 0 Å². The van der Waals surface area contributed by atoms with Crippen molar-refractivity contribution in [2.45, 2.75) is 13.8 Å². The Labute approximate surface area is 170 Å². The van der Waals surface area contributed by atoms with Crippen LogP contribution in [0.2, 0.25) is 5.02 Å². The van der Waals surface area contributed by atoms with Crippen LogP contribution in [0.3, 0.4) is 0 Å². The van der Waals surface area contributed by atoms with Crippen LogP contribution in [0.1, 0.15) is 22.2 Å². The zero-order valence-electron chi connectivity index (χ0n) is 15.1. The number of hydrogen-bond donors (Lipinski definition) is 1. The van der Waals surface area contributed by atoms with Gasteiger partial charge in [0.15, 0.2) is 5.13 Å². The summed E-state index contributed by atoms with van der Waals surface area (Å²) in [6, 6.07) is 11.4. The van der Waals surface area contributed by atoms with Crippen LogP contribution in [0.25, 0.3) is 11.3 Å². The Morgan fingerprint density at radius 2 is 2.00 bits per heavy atom. The highest BCUT2D eigenvalue weighted by Gasteiger charge is 2.22. The lowest BCUT2D eigenvalue weighted by Gasteiger charge is -2.04. The number of ether oxygens (including phenoxy) is 1. The number of nitrogens with zero attached hydrogens (tertiary/aromatic N) is 2. The molecule has 0 saturated carbocycles. The molecule has 3 rings (SSSR count). The summed E-state index contributed by atoms with van der Waals surface area (Å²) in [7, 11) is 0. The zero-order chi connectivity index (χ0) is 20.3. The zero-order valence-corrected chi connectivity index (χ0v) is 16.6. The van der Waals surface area contributed by atoms with E-state index in [2.05, 4.69) is 10.3 Å². The number of nitro benzene ring substituents is 1. The minimum absolute atomic E-state index is 0.0788. The van der Waals surface area contributed by atoms with Gasteiger partial charge in [-0.05, 0) is 50.2 Å². The Morgan fingerprint density at radius 3 is 2.64 bits per heavy atom. The summed E-state index contributed by atoms with van der Waals surface area (Å²) in [4.78, 5) is 28.4. The highest BCUT2D eigenvalue weighted by Crippen LogP contribution is 2.32. The molecule has 0 fully saturated rings. The highest BCUT2D eigenvalue weighted by molar-refractivity contribution is 7.16. The van der Waals surface area contributed by atoms with Gasteiger partial charge in [0.1, 0.15) is 11.3 Å². The minimum Gasteiger partial charge on any atom is -0.494 e. The Hall–Kier alpha value is -2.97. The van der Waals surface area contributed by atoms with Crippen molar-refractivity contribution in [3.05, 3.63) is 68.0 Å². The molecule has 0 aliphatic carbocycles. The summed E-state index contributed by atoms with van der Waals surface area (Å²) in [5.74, 6) is 0.151. The molecular weight excluding hydrogens is 402 g/mol. The van der Waals surface area contributed by atoms with Gasteiger partial charge in [-0.1, -0.05) is 11.6 Å². The molecule has 2 aromatic carbocycles. The van der Waals surface area contributed by atoms with Crippen LogP contribution in [-0.2, 0) is 0 Å². The maximum absolute atomic E-state index is 12.5. The van der Waals surface area contributed by atoms with Gasteiger partial charge in [0.05, 0.1) is 17.2 Å². The molecule has 0 unspecified atom stereocenters. The van der Waals surface area contributed by atoms with Crippen molar-refractivity contribution in [2.24, 2.45) is 0 Å². The van der Waals surface area contributed by atoms with Crippen molar-refractivity contribution in [3.8, 4) is 17.0 Å².